The van der Waals surface area contributed by atoms with E-state index in [9.17, 15) is 0 Å². The second kappa shape index (κ2) is 3.36. The maximum Gasteiger partial charge on any atom is 0.490 e. The Morgan fingerprint density at radius 1 is 1.29 bits per heavy atom. The average Bonchev–Trinajstić information content (AvgIpc) is 2.56. The first-order valence-corrected chi connectivity index (χ1v) is 4.24. The third kappa shape index (κ3) is 1.27. The number of rotatable bonds is 2. The van der Waals surface area contributed by atoms with Gasteiger partial charge in [0.25, 0.3) is 0 Å². The average molecular weight is 191 g/mol. The molecule has 0 saturated carbocycles. The van der Waals surface area contributed by atoms with Crippen molar-refractivity contribution in [2.45, 2.75) is 0 Å². The van der Waals surface area contributed by atoms with Gasteiger partial charge < -0.3 is 14.9 Å². The minimum absolute atomic E-state index is 0.447. The number of para-hydroxylation sites is 1. The van der Waals surface area contributed by atoms with E-state index in [1.165, 1.54) is 11.8 Å². The Morgan fingerprint density at radius 2 is 2.00 bits per heavy atom. The zero-order valence-electron chi connectivity index (χ0n) is 7.71. The van der Waals surface area contributed by atoms with Gasteiger partial charge in [-0.15, -0.1) is 0 Å². The molecule has 72 valence electrons. The second-order valence-electron chi connectivity index (χ2n) is 2.98. The Hall–Kier alpha value is -1.46. The van der Waals surface area contributed by atoms with Crippen LogP contribution in [-0.4, -0.2) is 29.0 Å². The normalized spacial score (nSPS) is 10.5. The van der Waals surface area contributed by atoms with Crippen molar-refractivity contribution in [3.8, 4) is 0 Å². The van der Waals surface area contributed by atoms with Crippen LogP contribution in [-0.2, 0) is 0 Å². The lowest BCUT2D eigenvalue weighted by Crippen LogP contribution is -2.29. The SMILES string of the molecule is COn1cc(B(O)O)c2ccccc21. The summed E-state index contributed by atoms with van der Waals surface area (Å²) in [5.41, 5.74) is 1.26. The summed E-state index contributed by atoms with van der Waals surface area (Å²) in [5.74, 6) is 0. The van der Waals surface area contributed by atoms with E-state index in [0.29, 0.717) is 5.46 Å². The molecule has 0 aliphatic carbocycles. The quantitative estimate of drug-likeness (QED) is 0.622. The van der Waals surface area contributed by atoms with Crippen molar-refractivity contribution >= 4 is 23.5 Å². The maximum atomic E-state index is 9.12. The number of benzene rings is 1. The van der Waals surface area contributed by atoms with E-state index in [1.54, 1.807) is 6.20 Å². The lowest BCUT2D eigenvalue weighted by Gasteiger charge is -2.00. The highest BCUT2D eigenvalue weighted by Gasteiger charge is 2.18. The molecule has 0 saturated heterocycles. The highest BCUT2D eigenvalue weighted by atomic mass is 16.6. The summed E-state index contributed by atoms with van der Waals surface area (Å²) in [5, 5.41) is 19.0. The molecule has 1 heterocycles. The maximum absolute atomic E-state index is 9.12. The minimum atomic E-state index is -1.48. The summed E-state index contributed by atoms with van der Waals surface area (Å²) in [6.45, 7) is 0. The first-order valence-electron chi connectivity index (χ1n) is 4.24. The van der Waals surface area contributed by atoms with Crippen LogP contribution in [0.3, 0.4) is 0 Å². The molecule has 0 aliphatic rings. The Kier molecular flexibility index (Phi) is 2.19. The Morgan fingerprint density at radius 3 is 2.64 bits per heavy atom. The van der Waals surface area contributed by atoms with Crippen LogP contribution in [0.5, 0.6) is 0 Å². The smallest absolute Gasteiger partial charge is 0.423 e. The molecule has 1 aromatic carbocycles. The Bertz CT molecular complexity index is 452. The lowest BCUT2D eigenvalue weighted by atomic mass is 9.80. The predicted octanol–water partition coefficient (Wildman–Crippen LogP) is -0.621. The zero-order chi connectivity index (χ0) is 10.1. The third-order valence-electron chi connectivity index (χ3n) is 2.18. The van der Waals surface area contributed by atoms with E-state index in [2.05, 4.69) is 0 Å². The van der Waals surface area contributed by atoms with Gasteiger partial charge in [-0.2, -0.15) is 4.73 Å². The number of hydrogen-bond acceptors (Lipinski definition) is 3. The van der Waals surface area contributed by atoms with E-state index in [-0.39, 0.29) is 0 Å². The molecule has 2 aromatic rings. The zero-order valence-corrected chi connectivity index (χ0v) is 7.71. The van der Waals surface area contributed by atoms with Gasteiger partial charge in [-0.1, -0.05) is 18.2 Å². The molecule has 2 N–H and O–H groups in total. The van der Waals surface area contributed by atoms with Crippen LogP contribution in [0, 0.1) is 0 Å². The molecule has 0 unspecified atom stereocenters. The van der Waals surface area contributed by atoms with Crippen molar-refractivity contribution in [3.05, 3.63) is 30.5 Å². The number of hydrogen-bond donors (Lipinski definition) is 2. The molecule has 0 amide bonds. The van der Waals surface area contributed by atoms with Crippen molar-refractivity contribution in [3.63, 3.8) is 0 Å². The molecule has 0 atom stereocenters. The van der Waals surface area contributed by atoms with Crippen molar-refractivity contribution < 1.29 is 14.9 Å². The topological polar surface area (TPSA) is 54.6 Å². The Labute approximate surface area is 81.4 Å². The van der Waals surface area contributed by atoms with Crippen LogP contribution in [0.1, 0.15) is 0 Å². The molecule has 2 rings (SSSR count). The van der Waals surface area contributed by atoms with E-state index in [0.717, 1.165) is 10.9 Å². The van der Waals surface area contributed by atoms with Gasteiger partial charge in [0, 0.05) is 17.0 Å². The molecule has 4 nitrogen and oxygen atoms in total. The molecule has 0 aliphatic heterocycles. The van der Waals surface area contributed by atoms with Gasteiger partial charge in [0.15, 0.2) is 0 Å². The fourth-order valence-corrected chi connectivity index (χ4v) is 1.53. The summed E-state index contributed by atoms with van der Waals surface area (Å²) < 4.78 is 1.50. The summed E-state index contributed by atoms with van der Waals surface area (Å²) in [6.07, 6.45) is 1.56. The standard InChI is InChI=1S/C9H10BNO3/c1-14-11-6-8(10(12)13)7-4-2-3-5-9(7)11/h2-6,12-13H,1H3. The van der Waals surface area contributed by atoms with Crippen molar-refractivity contribution in [2.75, 3.05) is 7.11 Å². The summed E-state index contributed by atoms with van der Waals surface area (Å²) in [7, 11) is 0.0521. The van der Waals surface area contributed by atoms with Crippen LogP contribution in [0.25, 0.3) is 10.9 Å². The van der Waals surface area contributed by atoms with Gasteiger partial charge in [-0.05, 0) is 6.07 Å². The van der Waals surface area contributed by atoms with Crippen LogP contribution >= 0.6 is 0 Å². The molecular weight excluding hydrogens is 181 g/mol. The predicted molar refractivity (Wildman–Crippen MR) is 54.3 cm³/mol. The third-order valence-corrected chi connectivity index (χ3v) is 2.18. The minimum Gasteiger partial charge on any atom is -0.423 e. The van der Waals surface area contributed by atoms with Gasteiger partial charge >= 0.3 is 7.12 Å². The van der Waals surface area contributed by atoms with Gasteiger partial charge in [0.2, 0.25) is 0 Å². The summed E-state index contributed by atoms with van der Waals surface area (Å²) in [6, 6.07) is 7.38. The van der Waals surface area contributed by atoms with E-state index in [4.69, 9.17) is 14.9 Å². The molecule has 0 bridgehead atoms. The van der Waals surface area contributed by atoms with Crippen LogP contribution < -0.4 is 10.3 Å². The molecule has 0 fully saturated rings. The van der Waals surface area contributed by atoms with Crippen LogP contribution in [0.2, 0.25) is 0 Å². The summed E-state index contributed by atoms with van der Waals surface area (Å²) in [4.78, 5) is 5.05. The van der Waals surface area contributed by atoms with Gasteiger partial charge in [0.05, 0.1) is 5.52 Å². The van der Waals surface area contributed by atoms with E-state index in [1.807, 2.05) is 24.3 Å². The van der Waals surface area contributed by atoms with Gasteiger partial charge in [0.1, 0.15) is 7.11 Å². The number of aromatic nitrogens is 1. The molecule has 0 spiro atoms. The summed E-state index contributed by atoms with van der Waals surface area (Å²) >= 11 is 0. The number of fused-ring (bicyclic) bond motifs is 1. The van der Waals surface area contributed by atoms with Gasteiger partial charge in [-0.25, -0.2) is 0 Å². The largest absolute Gasteiger partial charge is 0.490 e. The Balaban J connectivity index is 2.73. The molecule has 1 aromatic heterocycles. The highest BCUT2D eigenvalue weighted by molar-refractivity contribution is 6.62. The van der Waals surface area contributed by atoms with Crippen molar-refractivity contribution in [1.29, 1.82) is 0 Å². The van der Waals surface area contributed by atoms with Crippen LogP contribution in [0.4, 0.5) is 0 Å². The molecule has 0 radical (unpaired) electrons. The number of nitrogens with zero attached hydrogens (tertiary/aromatic N) is 1. The molecular formula is C9H10BNO3. The highest BCUT2D eigenvalue weighted by Crippen LogP contribution is 2.12. The fraction of sp³-hybridized carbons (Fsp3) is 0.111. The van der Waals surface area contributed by atoms with Gasteiger partial charge in [-0.3, -0.25) is 0 Å². The molecule has 5 heteroatoms. The monoisotopic (exact) mass is 191 g/mol. The van der Waals surface area contributed by atoms with E-state index >= 15 is 0 Å². The first kappa shape index (κ1) is 9.11. The molecule has 14 heavy (non-hydrogen) atoms. The fourth-order valence-electron chi connectivity index (χ4n) is 1.53. The van der Waals surface area contributed by atoms with Crippen molar-refractivity contribution in [1.82, 2.24) is 4.73 Å². The first-order chi connectivity index (χ1) is 6.74. The lowest BCUT2D eigenvalue weighted by molar-refractivity contribution is 0.179. The van der Waals surface area contributed by atoms with E-state index < -0.39 is 7.12 Å². The second-order valence-corrected chi connectivity index (χ2v) is 2.98. The van der Waals surface area contributed by atoms with Crippen molar-refractivity contribution in [2.24, 2.45) is 0 Å². The van der Waals surface area contributed by atoms with Crippen LogP contribution in [0.15, 0.2) is 30.5 Å².